The van der Waals surface area contributed by atoms with E-state index < -0.39 is 23.9 Å². The van der Waals surface area contributed by atoms with Crippen LogP contribution < -0.4 is 10.6 Å². The summed E-state index contributed by atoms with van der Waals surface area (Å²) in [6, 6.07) is -1.07. The number of rotatable bonds is 22. The molecule has 0 spiro atoms. The number of allylic oxidation sites excluding steroid dienone is 10. The molecule has 0 rings (SSSR count). The molecule has 216 valence electrons. The van der Waals surface area contributed by atoms with Gasteiger partial charge in [0, 0.05) is 25.1 Å². The van der Waals surface area contributed by atoms with E-state index in [2.05, 4.69) is 83.1 Å². The standard InChI is InChI=1S/C31H46N2O6/c1-3-4-5-6-7-8-9-10-11-12-13-14-15-16-17-18-19-23-28(34)32-26-21-20-22-27(31(37)38)33-29(35)24-25-30(36)39-2/h4-5,7-8,10-11,13-14,16-17,24-25,27H,3,6,9,12,15,18-23,26H2,1-2H3,(H,32,34)(H,33,35)(H,37,38). The van der Waals surface area contributed by atoms with E-state index in [1.807, 2.05) is 0 Å². The SMILES string of the molecule is CCC=CCC=CCC=CCC=CCC=CCCCC(=O)NCCCCC(NC(=O)C=CC(=O)OC)C(=O)O. The fraction of sp³-hybridized carbons (Fsp3) is 0.484. The Kier molecular flexibility index (Phi) is 23.5. The summed E-state index contributed by atoms with van der Waals surface area (Å²) in [4.78, 5) is 46.0. The second-order valence-corrected chi connectivity index (χ2v) is 8.70. The van der Waals surface area contributed by atoms with Crippen LogP contribution in [0.2, 0.25) is 0 Å². The van der Waals surface area contributed by atoms with Crippen LogP contribution in [-0.2, 0) is 23.9 Å². The lowest BCUT2D eigenvalue weighted by molar-refractivity contribution is -0.141. The molecular formula is C31H46N2O6. The maximum atomic E-state index is 11.9. The number of methoxy groups -OCH3 is 1. The molecule has 0 bridgehead atoms. The van der Waals surface area contributed by atoms with Gasteiger partial charge in [0.2, 0.25) is 11.8 Å². The number of unbranched alkanes of at least 4 members (excludes halogenated alkanes) is 2. The number of carboxylic acid groups (broad SMARTS) is 1. The maximum Gasteiger partial charge on any atom is 0.330 e. The molecule has 1 unspecified atom stereocenters. The minimum atomic E-state index is -1.16. The molecule has 3 N–H and O–H groups in total. The minimum Gasteiger partial charge on any atom is -0.480 e. The van der Waals surface area contributed by atoms with Crippen LogP contribution in [0.15, 0.2) is 72.9 Å². The normalized spacial score (nSPS) is 12.9. The van der Waals surface area contributed by atoms with Gasteiger partial charge in [-0.1, -0.05) is 67.7 Å². The zero-order valence-electron chi connectivity index (χ0n) is 23.5. The first-order valence-corrected chi connectivity index (χ1v) is 13.7. The van der Waals surface area contributed by atoms with E-state index in [4.69, 9.17) is 0 Å². The van der Waals surface area contributed by atoms with Gasteiger partial charge in [0.1, 0.15) is 6.04 Å². The van der Waals surface area contributed by atoms with E-state index in [1.165, 1.54) is 7.11 Å². The third-order valence-corrected chi connectivity index (χ3v) is 5.36. The monoisotopic (exact) mass is 542 g/mol. The van der Waals surface area contributed by atoms with Crippen LogP contribution in [0.4, 0.5) is 0 Å². The van der Waals surface area contributed by atoms with Gasteiger partial charge in [0.25, 0.3) is 0 Å². The molecule has 0 aliphatic rings. The summed E-state index contributed by atoms with van der Waals surface area (Å²) in [7, 11) is 1.18. The van der Waals surface area contributed by atoms with Crippen molar-refractivity contribution in [2.75, 3.05) is 13.7 Å². The molecule has 1 atom stereocenters. The highest BCUT2D eigenvalue weighted by Crippen LogP contribution is 2.03. The molecule has 2 amide bonds. The zero-order valence-corrected chi connectivity index (χ0v) is 23.5. The largest absolute Gasteiger partial charge is 0.480 e. The highest BCUT2D eigenvalue weighted by atomic mass is 16.5. The molecule has 0 aliphatic carbocycles. The van der Waals surface area contributed by atoms with Crippen molar-refractivity contribution >= 4 is 23.8 Å². The number of carbonyl (C=O) groups excluding carboxylic acids is 3. The Morgan fingerprint density at radius 2 is 1.33 bits per heavy atom. The predicted molar refractivity (Wildman–Crippen MR) is 156 cm³/mol. The summed E-state index contributed by atoms with van der Waals surface area (Å²) in [5.41, 5.74) is 0. The molecule has 0 saturated heterocycles. The Labute approximate surface area is 233 Å². The van der Waals surface area contributed by atoms with Gasteiger partial charge in [-0.2, -0.15) is 0 Å². The lowest BCUT2D eigenvalue weighted by atomic mass is 10.1. The van der Waals surface area contributed by atoms with E-state index in [1.54, 1.807) is 0 Å². The van der Waals surface area contributed by atoms with Crippen LogP contribution in [0.1, 0.15) is 77.6 Å². The minimum absolute atomic E-state index is 0.0293. The third kappa shape index (κ3) is 24.4. The molecule has 0 aromatic carbocycles. The molecule has 39 heavy (non-hydrogen) atoms. The highest BCUT2D eigenvalue weighted by Gasteiger charge is 2.18. The summed E-state index contributed by atoms with van der Waals surface area (Å²) in [5, 5.41) is 14.4. The number of aliphatic carboxylic acids is 1. The average Bonchev–Trinajstić information content (AvgIpc) is 2.92. The number of hydrogen-bond donors (Lipinski definition) is 3. The first-order chi connectivity index (χ1) is 18.9. The Bertz CT molecular complexity index is 884. The van der Waals surface area contributed by atoms with Crippen molar-refractivity contribution in [1.29, 1.82) is 0 Å². The summed E-state index contributed by atoms with van der Waals surface area (Å²) < 4.78 is 4.38. The first kappa shape index (κ1) is 35.3. The Morgan fingerprint density at radius 3 is 1.87 bits per heavy atom. The van der Waals surface area contributed by atoms with Crippen LogP contribution >= 0.6 is 0 Å². The number of amides is 2. The van der Waals surface area contributed by atoms with E-state index >= 15 is 0 Å². The average molecular weight is 543 g/mol. The van der Waals surface area contributed by atoms with Gasteiger partial charge in [0.05, 0.1) is 7.11 Å². The first-order valence-electron chi connectivity index (χ1n) is 13.7. The summed E-state index contributed by atoms with van der Waals surface area (Å²) in [6.07, 6.45) is 31.6. The molecular weight excluding hydrogens is 496 g/mol. The Balaban J connectivity index is 3.83. The summed E-state index contributed by atoms with van der Waals surface area (Å²) in [5.74, 6) is -2.58. The van der Waals surface area contributed by atoms with Crippen LogP contribution in [0.25, 0.3) is 0 Å². The quantitative estimate of drug-likeness (QED) is 0.0719. The fourth-order valence-corrected chi connectivity index (χ4v) is 3.23. The van der Waals surface area contributed by atoms with Crippen molar-refractivity contribution in [3.05, 3.63) is 72.9 Å². The highest BCUT2D eigenvalue weighted by molar-refractivity contribution is 5.96. The van der Waals surface area contributed by atoms with E-state index in [0.717, 1.165) is 57.1 Å². The Hall–Kier alpha value is -3.68. The van der Waals surface area contributed by atoms with Crippen molar-refractivity contribution in [2.24, 2.45) is 0 Å². The van der Waals surface area contributed by atoms with Gasteiger partial charge in [-0.3, -0.25) is 9.59 Å². The smallest absolute Gasteiger partial charge is 0.330 e. The number of hydrogen-bond acceptors (Lipinski definition) is 5. The predicted octanol–water partition coefficient (Wildman–Crippen LogP) is 5.49. The van der Waals surface area contributed by atoms with Gasteiger partial charge >= 0.3 is 11.9 Å². The molecule has 0 aromatic rings. The summed E-state index contributed by atoms with van der Waals surface area (Å²) >= 11 is 0. The molecule has 0 radical (unpaired) electrons. The van der Waals surface area contributed by atoms with E-state index in [0.29, 0.717) is 25.8 Å². The van der Waals surface area contributed by atoms with E-state index in [-0.39, 0.29) is 12.3 Å². The van der Waals surface area contributed by atoms with Crippen LogP contribution in [-0.4, -0.2) is 48.6 Å². The second-order valence-electron chi connectivity index (χ2n) is 8.70. The molecule has 0 fully saturated rings. The number of esters is 1. The van der Waals surface area contributed by atoms with Crippen molar-refractivity contribution in [2.45, 2.75) is 83.6 Å². The Morgan fingerprint density at radius 1 is 0.769 bits per heavy atom. The van der Waals surface area contributed by atoms with Crippen LogP contribution in [0.5, 0.6) is 0 Å². The number of nitrogens with one attached hydrogen (secondary N) is 2. The molecule has 0 saturated carbocycles. The van der Waals surface area contributed by atoms with E-state index in [9.17, 15) is 24.3 Å². The summed E-state index contributed by atoms with van der Waals surface area (Å²) in [6.45, 7) is 2.58. The van der Waals surface area contributed by atoms with Crippen LogP contribution in [0.3, 0.4) is 0 Å². The van der Waals surface area contributed by atoms with Crippen molar-refractivity contribution in [1.82, 2.24) is 10.6 Å². The van der Waals surface area contributed by atoms with Crippen molar-refractivity contribution in [3.8, 4) is 0 Å². The third-order valence-electron chi connectivity index (χ3n) is 5.36. The molecule has 0 aromatic heterocycles. The molecule has 8 nitrogen and oxygen atoms in total. The topological polar surface area (TPSA) is 122 Å². The van der Waals surface area contributed by atoms with Gasteiger partial charge in [-0.15, -0.1) is 0 Å². The van der Waals surface area contributed by atoms with Crippen molar-refractivity contribution < 1.29 is 29.0 Å². The zero-order chi connectivity index (χ0) is 29.0. The number of carboxylic acids is 1. The second kappa shape index (κ2) is 25.9. The van der Waals surface area contributed by atoms with Gasteiger partial charge in [0.15, 0.2) is 0 Å². The molecule has 8 heteroatoms. The van der Waals surface area contributed by atoms with Crippen LogP contribution in [0, 0.1) is 0 Å². The lowest BCUT2D eigenvalue weighted by Gasteiger charge is -2.13. The number of carbonyl (C=O) groups is 4. The van der Waals surface area contributed by atoms with Gasteiger partial charge < -0.3 is 20.5 Å². The van der Waals surface area contributed by atoms with Gasteiger partial charge in [-0.25, -0.2) is 9.59 Å². The molecule has 0 heterocycles. The van der Waals surface area contributed by atoms with Gasteiger partial charge in [-0.05, 0) is 64.2 Å². The maximum absolute atomic E-state index is 11.9. The lowest BCUT2D eigenvalue weighted by Crippen LogP contribution is -2.40. The fourth-order valence-electron chi connectivity index (χ4n) is 3.23. The molecule has 0 aliphatic heterocycles. The number of ether oxygens (including phenoxy) is 1. The van der Waals surface area contributed by atoms with Crippen molar-refractivity contribution in [3.63, 3.8) is 0 Å².